The van der Waals surface area contributed by atoms with Crippen LogP contribution in [0.3, 0.4) is 0 Å². The van der Waals surface area contributed by atoms with Crippen LogP contribution >= 0.6 is 11.3 Å². The summed E-state index contributed by atoms with van der Waals surface area (Å²) in [7, 11) is 0. The van der Waals surface area contributed by atoms with E-state index >= 15 is 0 Å². The van der Waals surface area contributed by atoms with Gasteiger partial charge in [-0.2, -0.15) is 5.26 Å². The highest BCUT2D eigenvalue weighted by Gasteiger charge is 2.25. The van der Waals surface area contributed by atoms with Crippen molar-refractivity contribution < 1.29 is 9.53 Å². The number of thiazole rings is 1. The maximum Gasteiger partial charge on any atom is 0.209 e. The summed E-state index contributed by atoms with van der Waals surface area (Å²) < 4.78 is 5.74. The molecule has 3 aromatic rings. The Balaban J connectivity index is 0.000000375. The largest absolute Gasteiger partial charge is 0.490 e. The van der Waals surface area contributed by atoms with Crippen molar-refractivity contribution in [1.82, 2.24) is 15.2 Å². The van der Waals surface area contributed by atoms with Crippen molar-refractivity contribution in [1.29, 1.82) is 5.26 Å². The zero-order chi connectivity index (χ0) is 25.5. The topological polar surface area (TPSA) is 78.2 Å². The molecule has 5 rings (SSSR count). The minimum Gasteiger partial charge on any atom is -0.490 e. The number of nitriles is 1. The second kappa shape index (κ2) is 12.2. The van der Waals surface area contributed by atoms with Gasteiger partial charge in [-0.3, -0.25) is 4.79 Å². The van der Waals surface area contributed by atoms with E-state index in [0.29, 0.717) is 17.4 Å². The van der Waals surface area contributed by atoms with Gasteiger partial charge < -0.3 is 15.0 Å². The summed E-state index contributed by atoms with van der Waals surface area (Å²) in [5, 5.41) is 14.0. The van der Waals surface area contributed by atoms with E-state index in [4.69, 9.17) is 4.74 Å². The van der Waals surface area contributed by atoms with Crippen LogP contribution in [0.15, 0.2) is 42.6 Å². The van der Waals surface area contributed by atoms with Gasteiger partial charge in [-0.15, -0.1) is 11.3 Å². The Bertz CT molecular complexity index is 1220. The maximum absolute atomic E-state index is 9.93. The Morgan fingerprint density at radius 2 is 2.08 bits per heavy atom. The molecule has 188 valence electrons. The van der Waals surface area contributed by atoms with Gasteiger partial charge >= 0.3 is 0 Å². The number of amides is 1. The molecule has 1 unspecified atom stereocenters. The lowest BCUT2D eigenvalue weighted by molar-refractivity contribution is -0.117. The number of carbonyl (C=O) groups excluding carboxylic acids is 1. The van der Waals surface area contributed by atoms with Crippen molar-refractivity contribution in [3.63, 3.8) is 0 Å². The van der Waals surface area contributed by atoms with E-state index in [9.17, 15) is 10.1 Å². The number of ether oxygens (including phenoxy) is 1. The fraction of sp³-hybridized carbons (Fsp3) is 0.414. The van der Waals surface area contributed by atoms with Crippen LogP contribution in [0, 0.1) is 11.3 Å². The summed E-state index contributed by atoms with van der Waals surface area (Å²) in [6, 6.07) is 15.0. The summed E-state index contributed by atoms with van der Waals surface area (Å²) in [5.74, 6) is 0.623. The van der Waals surface area contributed by atoms with Crippen molar-refractivity contribution in [2.24, 2.45) is 0 Å². The minimum absolute atomic E-state index is 0.0330. The number of hydrogen-bond donors (Lipinski definition) is 1. The molecule has 7 heteroatoms. The highest BCUT2D eigenvalue weighted by Crippen LogP contribution is 2.41. The minimum atomic E-state index is 0.0330. The van der Waals surface area contributed by atoms with Gasteiger partial charge in [0.2, 0.25) is 6.41 Å². The van der Waals surface area contributed by atoms with Crippen molar-refractivity contribution >= 4 is 17.7 Å². The predicted molar refractivity (Wildman–Crippen MR) is 145 cm³/mol. The smallest absolute Gasteiger partial charge is 0.209 e. The molecule has 0 saturated carbocycles. The lowest BCUT2D eigenvalue weighted by atomic mass is 10.0. The van der Waals surface area contributed by atoms with Gasteiger partial charge in [0.15, 0.2) is 0 Å². The maximum atomic E-state index is 9.93. The van der Waals surface area contributed by atoms with Crippen LogP contribution in [0.5, 0.6) is 5.75 Å². The van der Waals surface area contributed by atoms with Crippen LogP contribution in [-0.2, 0) is 11.2 Å². The molecule has 1 saturated heterocycles. The van der Waals surface area contributed by atoms with E-state index < -0.39 is 0 Å². The summed E-state index contributed by atoms with van der Waals surface area (Å²) >= 11 is 1.68. The molecule has 0 radical (unpaired) electrons. The van der Waals surface area contributed by atoms with Gasteiger partial charge in [0.25, 0.3) is 0 Å². The van der Waals surface area contributed by atoms with Crippen molar-refractivity contribution in [3.05, 3.63) is 59.3 Å². The predicted octanol–water partition coefficient (Wildman–Crippen LogP) is 5.97. The van der Waals surface area contributed by atoms with Gasteiger partial charge in [-0.05, 0) is 81.0 Å². The highest BCUT2D eigenvalue weighted by atomic mass is 32.1. The monoisotopic (exact) mass is 502 g/mol. The zero-order valence-electron chi connectivity index (χ0n) is 21.3. The van der Waals surface area contributed by atoms with E-state index in [1.54, 1.807) is 16.2 Å². The van der Waals surface area contributed by atoms with Crippen molar-refractivity contribution in [2.75, 3.05) is 19.6 Å². The first-order chi connectivity index (χ1) is 17.5. The number of nitrogens with one attached hydrogen (secondary N) is 1. The molecule has 0 bridgehead atoms. The number of likely N-dealkylation sites (tertiary alicyclic amines) is 1. The average molecular weight is 503 g/mol. The van der Waals surface area contributed by atoms with E-state index in [-0.39, 0.29) is 6.10 Å². The van der Waals surface area contributed by atoms with Crippen LogP contribution in [0.4, 0.5) is 0 Å². The van der Waals surface area contributed by atoms with Crippen LogP contribution < -0.4 is 10.1 Å². The fourth-order valence-corrected chi connectivity index (χ4v) is 5.79. The Hall–Kier alpha value is -3.21. The number of fused-ring (bicyclic) bond motifs is 1. The number of carbonyl (C=O) groups is 1. The van der Waals surface area contributed by atoms with E-state index in [1.807, 2.05) is 38.2 Å². The standard InChI is InChI=1S/C24H25N3OS.C5H9NO/c1-4-26-21-10-9-18-19(21)6-5-7-20(18)23-14-27-24(29-23)16-8-11-22(28-15(2)3)17(12-16)13-25;7-5-6-3-1-2-4-6/h5-8,11-12,14-15,21,26H,4,9-10H2,1-3H3;5H,1-4H2. The molecule has 1 aliphatic heterocycles. The highest BCUT2D eigenvalue weighted by molar-refractivity contribution is 7.18. The van der Waals surface area contributed by atoms with Crippen molar-refractivity contribution in [3.8, 4) is 32.8 Å². The number of hydrogen-bond acceptors (Lipinski definition) is 6. The second-order valence-corrected chi connectivity index (χ2v) is 10.4. The summed E-state index contributed by atoms with van der Waals surface area (Å²) in [5.41, 5.74) is 5.63. The number of nitrogens with zero attached hydrogens (tertiary/aromatic N) is 3. The molecule has 1 aromatic heterocycles. The third kappa shape index (κ3) is 5.95. The fourth-order valence-electron chi connectivity index (χ4n) is 4.83. The van der Waals surface area contributed by atoms with Crippen LogP contribution in [0.25, 0.3) is 21.0 Å². The molecule has 1 N–H and O–H groups in total. The van der Waals surface area contributed by atoms with E-state index in [0.717, 1.165) is 49.5 Å². The molecule has 2 aromatic carbocycles. The van der Waals surface area contributed by atoms with Gasteiger partial charge in [0.1, 0.15) is 16.8 Å². The molecule has 1 fully saturated rings. The number of rotatable bonds is 7. The Labute approximate surface area is 217 Å². The number of aromatic nitrogens is 1. The molecule has 0 spiro atoms. The van der Waals surface area contributed by atoms with Crippen molar-refractivity contribution in [2.45, 2.75) is 58.6 Å². The third-order valence-corrected chi connectivity index (χ3v) is 7.57. The molecule has 36 heavy (non-hydrogen) atoms. The summed E-state index contributed by atoms with van der Waals surface area (Å²) in [4.78, 5) is 17.6. The lowest BCUT2D eigenvalue weighted by Crippen LogP contribution is -2.18. The second-order valence-electron chi connectivity index (χ2n) is 9.39. The molecule has 1 amide bonds. The molecule has 1 atom stereocenters. The lowest BCUT2D eigenvalue weighted by Gasteiger charge is -2.13. The van der Waals surface area contributed by atoms with E-state index in [2.05, 4.69) is 41.5 Å². The van der Waals surface area contributed by atoms with E-state index in [1.165, 1.54) is 34.4 Å². The first kappa shape index (κ1) is 25.9. The molecular weight excluding hydrogens is 468 g/mol. The Kier molecular flexibility index (Phi) is 8.74. The first-order valence-corrected chi connectivity index (χ1v) is 13.6. The summed E-state index contributed by atoms with van der Waals surface area (Å²) in [6.45, 7) is 9.01. The Morgan fingerprint density at radius 3 is 2.75 bits per heavy atom. The average Bonchev–Trinajstić information content (AvgIpc) is 3.66. The van der Waals surface area contributed by atoms with Crippen LogP contribution in [-0.4, -0.2) is 42.0 Å². The van der Waals surface area contributed by atoms with Gasteiger partial charge in [0.05, 0.1) is 16.5 Å². The first-order valence-electron chi connectivity index (χ1n) is 12.8. The molecule has 2 heterocycles. The molecule has 1 aliphatic carbocycles. The number of benzene rings is 2. The van der Waals surface area contributed by atoms with Gasteiger partial charge in [-0.25, -0.2) is 4.98 Å². The summed E-state index contributed by atoms with van der Waals surface area (Å²) in [6.07, 6.45) is 7.54. The molecule has 2 aliphatic rings. The zero-order valence-corrected chi connectivity index (χ0v) is 22.1. The third-order valence-electron chi connectivity index (χ3n) is 6.49. The van der Waals surface area contributed by atoms with Gasteiger partial charge in [-0.1, -0.05) is 25.1 Å². The quantitative estimate of drug-likeness (QED) is 0.403. The normalized spacial score (nSPS) is 16.3. The molecule has 6 nitrogen and oxygen atoms in total. The van der Waals surface area contributed by atoms with Crippen LogP contribution in [0.2, 0.25) is 0 Å². The molecular formula is C29H34N4O2S. The SMILES string of the molecule is CCNC1CCc2c(-c3cnc(-c4ccc(OC(C)C)c(C#N)c4)s3)cccc21.O=CN1CCCC1. The van der Waals surface area contributed by atoms with Crippen LogP contribution in [0.1, 0.15) is 62.8 Å². The van der Waals surface area contributed by atoms with Gasteiger partial charge in [0, 0.05) is 30.9 Å². The Morgan fingerprint density at radius 1 is 1.28 bits per heavy atom.